The molecule has 2 aromatic heterocycles. The van der Waals surface area contributed by atoms with Crippen molar-refractivity contribution < 1.29 is 13.9 Å². The van der Waals surface area contributed by atoms with Crippen molar-refractivity contribution in [1.82, 2.24) is 4.98 Å². The van der Waals surface area contributed by atoms with Crippen LogP contribution >= 0.6 is 11.3 Å². The van der Waals surface area contributed by atoms with Gasteiger partial charge in [0.15, 0.2) is 22.2 Å². The number of fused-ring (bicyclic) bond motifs is 1. The van der Waals surface area contributed by atoms with Gasteiger partial charge in [-0.15, -0.1) is 11.3 Å². The number of nitrogens with one attached hydrogen (secondary N) is 1. The summed E-state index contributed by atoms with van der Waals surface area (Å²) in [7, 11) is 1.59. The number of para-hydroxylation sites is 1. The van der Waals surface area contributed by atoms with Crippen LogP contribution in [0, 0.1) is 11.3 Å². The first-order valence-electron chi connectivity index (χ1n) is 8.02. The van der Waals surface area contributed by atoms with Crippen molar-refractivity contribution in [3.63, 3.8) is 0 Å². The normalized spacial score (nSPS) is 10.5. The Labute approximate surface area is 158 Å². The molecule has 0 spiro atoms. The van der Waals surface area contributed by atoms with E-state index in [0.29, 0.717) is 39.0 Å². The fourth-order valence-corrected chi connectivity index (χ4v) is 3.33. The number of nitriles is 1. The lowest BCUT2D eigenvalue weighted by molar-refractivity contribution is 0.102. The lowest BCUT2D eigenvalue weighted by Crippen LogP contribution is -2.11. The van der Waals surface area contributed by atoms with Crippen molar-refractivity contribution in [2.75, 3.05) is 12.4 Å². The Hall–Kier alpha value is -3.63. The number of aromatic nitrogens is 1. The van der Waals surface area contributed by atoms with E-state index in [0.717, 1.165) is 5.39 Å². The first kappa shape index (κ1) is 16.8. The maximum atomic E-state index is 12.3. The zero-order valence-corrected chi connectivity index (χ0v) is 15.0. The molecule has 0 aliphatic carbocycles. The van der Waals surface area contributed by atoms with E-state index in [9.17, 15) is 4.79 Å². The highest BCUT2D eigenvalue weighted by molar-refractivity contribution is 7.14. The number of carbonyl (C=O) groups excluding carboxylic acids is 1. The Bertz CT molecular complexity index is 1170. The molecule has 2 aromatic carbocycles. The van der Waals surface area contributed by atoms with Gasteiger partial charge < -0.3 is 9.15 Å². The number of hydrogen-bond acceptors (Lipinski definition) is 6. The summed E-state index contributed by atoms with van der Waals surface area (Å²) in [5.41, 5.74) is 2.25. The van der Waals surface area contributed by atoms with Gasteiger partial charge in [-0.05, 0) is 36.4 Å². The highest BCUT2D eigenvalue weighted by atomic mass is 32.1. The Morgan fingerprint density at radius 1 is 1.26 bits per heavy atom. The molecule has 0 unspecified atom stereocenters. The zero-order chi connectivity index (χ0) is 18.8. The quantitative estimate of drug-likeness (QED) is 0.559. The fourth-order valence-electron chi connectivity index (χ4n) is 2.63. The molecule has 0 aliphatic heterocycles. The van der Waals surface area contributed by atoms with Gasteiger partial charge in [-0.3, -0.25) is 10.1 Å². The van der Waals surface area contributed by atoms with E-state index in [-0.39, 0.29) is 5.91 Å². The van der Waals surface area contributed by atoms with Crippen LogP contribution in [0.4, 0.5) is 5.13 Å². The SMILES string of the molecule is COc1cccc2cc(-c3csc(NC(=O)c4ccc(C#N)cc4)n3)oc12. The number of carbonyl (C=O) groups is 1. The van der Waals surface area contributed by atoms with Gasteiger partial charge in [-0.2, -0.15) is 5.26 Å². The molecule has 27 heavy (non-hydrogen) atoms. The van der Waals surface area contributed by atoms with Crippen molar-refractivity contribution in [1.29, 1.82) is 5.26 Å². The van der Waals surface area contributed by atoms with Gasteiger partial charge >= 0.3 is 0 Å². The Morgan fingerprint density at radius 3 is 2.81 bits per heavy atom. The maximum absolute atomic E-state index is 12.3. The van der Waals surface area contributed by atoms with Crippen molar-refractivity contribution in [3.05, 3.63) is 65.0 Å². The number of methoxy groups -OCH3 is 1. The van der Waals surface area contributed by atoms with E-state index in [4.69, 9.17) is 14.4 Å². The summed E-state index contributed by atoms with van der Waals surface area (Å²) < 4.78 is 11.2. The third-order valence-electron chi connectivity index (χ3n) is 3.98. The summed E-state index contributed by atoms with van der Waals surface area (Å²) >= 11 is 1.31. The molecule has 0 radical (unpaired) electrons. The zero-order valence-electron chi connectivity index (χ0n) is 14.2. The molecule has 7 heteroatoms. The molecule has 2 heterocycles. The molecule has 0 saturated carbocycles. The van der Waals surface area contributed by atoms with E-state index in [1.54, 1.807) is 31.4 Å². The average Bonchev–Trinajstić information content (AvgIpc) is 3.34. The van der Waals surface area contributed by atoms with Gasteiger partial charge in [0.1, 0.15) is 5.69 Å². The first-order valence-corrected chi connectivity index (χ1v) is 8.90. The minimum atomic E-state index is -0.285. The molecular weight excluding hydrogens is 362 g/mol. The Balaban J connectivity index is 1.56. The van der Waals surface area contributed by atoms with Crippen molar-refractivity contribution in [2.24, 2.45) is 0 Å². The topological polar surface area (TPSA) is 88.1 Å². The molecule has 0 aliphatic rings. The van der Waals surface area contributed by atoms with Crippen LogP contribution in [-0.2, 0) is 0 Å². The number of anilines is 1. The van der Waals surface area contributed by atoms with E-state index < -0.39 is 0 Å². The summed E-state index contributed by atoms with van der Waals surface area (Å²) in [4.78, 5) is 16.7. The van der Waals surface area contributed by atoms with Crippen LogP contribution in [0.15, 0.2) is 58.3 Å². The minimum absolute atomic E-state index is 0.285. The summed E-state index contributed by atoms with van der Waals surface area (Å²) in [5.74, 6) is 0.972. The second-order valence-electron chi connectivity index (χ2n) is 5.67. The van der Waals surface area contributed by atoms with Crippen LogP contribution in [0.5, 0.6) is 5.75 Å². The van der Waals surface area contributed by atoms with Crippen molar-refractivity contribution in [2.45, 2.75) is 0 Å². The predicted molar refractivity (Wildman–Crippen MR) is 103 cm³/mol. The fraction of sp³-hybridized carbons (Fsp3) is 0.0500. The smallest absolute Gasteiger partial charge is 0.257 e. The molecule has 6 nitrogen and oxygen atoms in total. The third kappa shape index (κ3) is 3.26. The van der Waals surface area contributed by atoms with Gasteiger partial charge in [0.2, 0.25) is 0 Å². The number of hydrogen-bond donors (Lipinski definition) is 1. The Kier molecular flexibility index (Phi) is 4.32. The lowest BCUT2D eigenvalue weighted by Gasteiger charge is -2.01. The second-order valence-corrected chi connectivity index (χ2v) is 6.53. The molecular formula is C20H13N3O3S. The van der Waals surface area contributed by atoms with Crippen molar-refractivity contribution >= 4 is 33.3 Å². The molecule has 1 N–H and O–H groups in total. The molecule has 0 saturated heterocycles. The summed E-state index contributed by atoms with van der Waals surface area (Å²) in [5, 5.41) is 14.8. The standard InChI is InChI=1S/C20H13N3O3S/c1-25-16-4-2-3-14-9-17(26-18(14)16)15-11-27-20(22-15)23-19(24)13-7-5-12(10-21)6-8-13/h2-9,11H,1H3,(H,22,23,24). The molecule has 0 atom stereocenters. The van der Waals surface area contributed by atoms with E-state index in [1.165, 1.54) is 11.3 Å². The molecule has 4 rings (SSSR count). The molecule has 0 fully saturated rings. The predicted octanol–water partition coefficient (Wildman–Crippen LogP) is 4.69. The molecule has 132 valence electrons. The number of ether oxygens (including phenoxy) is 1. The minimum Gasteiger partial charge on any atom is -0.493 e. The summed E-state index contributed by atoms with van der Waals surface area (Å²) in [6, 6.07) is 16.0. The van der Waals surface area contributed by atoms with Crippen LogP contribution < -0.4 is 10.1 Å². The van der Waals surface area contributed by atoms with Gasteiger partial charge in [-0.1, -0.05) is 12.1 Å². The number of amides is 1. The number of thiazole rings is 1. The van der Waals surface area contributed by atoms with E-state index in [1.807, 2.05) is 35.7 Å². The maximum Gasteiger partial charge on any atom is 0.257 e. The van der Waals surface area contributed by atoms with Crippen LogP contribution in [0.1, 0.15) is 15.9 Å². The number of nitrogens with zero attached hydrogens (tertiary/aromatic N) is 2. The number of benzene rings is 2. The van der Waals surface area contributed by atoms with Gasteiger partial charge in [0, 0.05) is 16.3 Å². The monoisotopic (exact) mass is 375 g/mol. The highest BCUT2D eigenvalue weighted by Crippen LogP contribution is 2.34. The van der Waals surface area contributed by atoms with Gasteiger partial charge in [0.05, 0.1) is 18.7 Å². The van der Waals surface area contributed by atoms with E-state index >= 15 is 0 Å². The number of furan rings is 1. The van der Waals surface area contributed by atoms with Crippen LogP contribution in [-0.4, -0.2) is 18.0 Å². The second kappa shape index (κ2) is 6.94. The third-order valence-corrected chi connectivity index (χ3v) is 4.74. The number of rotatable bonds is 4. The largest absolute Gasteiger partial charge is 0.493 e. The van der Waals surface area contributed by atoms with Crippen LogP contribution in [0.2, 0.25) is 0 Å². The summed E-state index contributed by atoms with van der Waals surface area (Å²) in [6.07, 6.45) is 0. The lowest BCUT2D eigenvalue weighted by atomic mass is 10.1. The first-order chi connectivity index (χ1) is 13.2. The van der Waals surface area contributed by atoms with E-state index in [2.05, 4.69) is 10.3 Å². The average molecular weight is 375 g/mol. The van der Waals surface area contributed by atoms with Crippen molar-refractivity contribution in [3.8, 4) is 23.3 Å². The molecule has 1 amide bonds. The van der Waals surface area contributed by atoms with Crippen LogP contribution in [0.3, 0.4) is 0 Å². The molecule has 4 aromatic rings. The van der Waals surface area contributed by atoms with Gasteiger partial charge in [-0.25, -0.2) is 4.98 Å². The van der Waals surface area contributed by atoms with Crippen LogP contribution in [0.25, 0.3) is 22.4 Å². The summed E-state index contributed by atoms with van der Waals surface area (Å²) in [6.45, 7) is 0. The molecule has 0 bridgehead atoms. The highest BCUT2D eigenvalue weighted by Gasteiger charge is 2.14. The van der Waals surface area contributed by atoms with Gasteiger partial charge in [0.25, 0.3) is 5.91 Å². The Morgan fingerprint density at radius 2 is 2.07 bits per heavy atom.